The second-order valence-corrected chi connectivity index (χ2v) is 5.08. The fraction of sp³-hybridized carbons (Fsp3) is 0.231. The van der Waals surface area contributed by atoms with Crippen molar-refractivity contribution in [3.63, 3.8) is 0 Å². The van der Waals surface area contributed by atoms with E-state index < -0.39 is 6.09 Å². The van der Waals surface area contributed by atoms with Gasteiger partial charge in [0.1, 0.15) is 12.4 Å². The van der Waals surface area contributed by atoms with E-state index in [1.54, 1.807) is 12.1 Å². The van der Waals surface area contributed by atoms with Crippen molar-refractivity contribution in [2.24, 2.45) is 0 Å². The van der Waals surface area contributed by atoms with Gasteiger partial charge >= 0.3 is 6.09 Å². The maximum atomic E-state index is 11.1. The normalized spacial score (nSPS) is 10.2. The Bertz CT molecular complexity index is 578. The number of alkyl carbamates (subject to hydrolysis) is 1. The first-order valence-electron chi connectivity index (χ1n) is 5.70. The number of carbonyl (C=O) groups is 1. The van der Waals surface area contributed by atoms with Gasteiger partial charge in [0.05, 0.1) is 15.6 Å². The Morgan fingerprint density at radius 1 is 1.42 bits per heavy atom. The zero-order valence-electron chi connectivity index (χ0n) is 10.6. The Hall–Kier alpha value is -2.08. The molecule has 2 aromatic rings. The molecule has 0 fully saturated rings. The van der Waals surface area contributed by atoms with E-state index in [1.807, 2.05) is 19.1 Å². The van der Waals surface area contributed by atoms with Crippen molar-refractivity contribution in [3.05, 3.63) is 35.0 Å². The summed E-state index contributed by atoms with van der Waals surface area (Å²) in [4.78, 5) is 16.4. The highest BCUT2D eigenvalue weighted by Crippen LogP contribution is 2.31. The number of ether oxygens (including phenoxy) is 1. The molecule has 2 rings (SSSR count). The zero-order chi connectivity index (χ0) is 13.8. The average molecular weight is 278 g/mol. The van der Waals surface area contributed by atoms with Crippen LogP contribution >= 0.6 is 11.3 Å². The first kappa shape index (κ1) is 13.4. The van der Waals surface area contributed by atoms with Crippen molar-refractivity contribution in [1.29, 1.82) is 0 Å². The Balaban J connectivity index is 2.25. The molecule has 1 heterocycles. The van der Waals surface area contributed by atoms with E-state index in [4.69, 9.17) is 4.74 Å². The molecule has 1 amide bonds. The highest BCUT2D eigenvalue weighted by atomic mass is 32.1. The molecule has 0 atom stereocenters. The first-order valence-corrected chi connectivity index (χ1v) is 6.52. The molecule has 0 saturated carbocycles. The standard InChI is InChI=1S/C13H14N2O3S/c1-8-15-11(7-18-13(17)14-2)12(19-8)9-3-5-10(16)6-4-9/h3-6,16H,7H2,1-2H3,(H,14,17). The predicted octanol–water partition coefficient (Wildman–Crippen LogP) is 2.68. The number of phenols is 1. The fourth-order valence-electron chi connectivity index (χ4n) is 1.61. The largest absolute Gasteiger partial charge is 0.508 e. The van der Waals surface area contributed by atoms with Gasteiger partial charge in [0.2, 0.25) is 0 Å². The van der Waals surface area contributed by atoms with E-state index in [9.17, 15) is 9.90 Å². The van der Waals surface area contributed by atoms with Gasteiger partial charge in [-0.2, -0.15) is 0 Å². The molecule has 0 spiro atoms. The smallest absolute Gasteiger partial charge is 0.407 e. The van der Waals surface area contributed by atoms with Crippen molar-refractivity contribution >= 4 is 17.4 Å². The molecule has 0 radical (unpaired) electrons. The van der Waals surface area contributed by atoms with Crippen LogP contribution in [0.2, 0.25) is 0 Å². The van der Waals surface area contributed by atoms with Crippen LogP contribution in [0.5, 0.6) is 5.75 Å². The van der Waals surface area contributed by atoms with E-state index in [-0.39, 0.29) is 12.4 Å². The zero-order valence-corrected chi connectivity index (χ0v) is 11.5. The Labute approximate surface area is 114 Å². The molecule has 0 aliphatic carbocycles. The molecule has 0 aliphatic heterocycles. The molecular formula is C13H14N2O3S. The number of aromatic nitrogens is 1. The van der Waals surface area contributed by atoms with Crippen molar-refractivity contribution in [2.75, 3.05) is 7.05 Å². The van der Waals surface area contributed by atoms with Crippen LogP contribution in [0.4, 0.5) is 4.79 Å². The predicted molar refractivity (Wildman–Crippen MR) is 73.2 cm³/mol. The Morgan fingerprint density at radius 2 is 2.11 bits per heavy atom. The lowest BCUT2D eigenvalue weighted by Gasteiger charge is -2.04. The summed E-state index contributed by atoms with van der Waals surface area (Å²) >= 11 is 1.53. The summed E-state index contributed by atoms with van der Waals surface area (Å²) < 4.78 is 5.02. The third-order valence-electron chi connectivity index (χ3n) is 2.48. The minimum atomic E-state index is -0.484. The summed E-state index contributed by atoms with van der Waals surface area (Å²) in [5, 5.41) is 12.6. The minimum absolute atomic E-state index is 0.125. The van der Waals surface area contributed by atoms with E-state index in [0.29, 0.717) is 0 Å². The molecule has 2 N–H and O–H groups in total. The van der Waals surface area contributed by atoms with Gasteiger partial charge < -0.3 is 15.2 Å². The molecule has 1 aromatic heterocycles. The fourth-order valence-corrected chi connectivity index (χ4v) is 2.54. The average Bonchev–Trinajstić information content (AvgIpc) is 2.78. The molecule has 6 heteroatoms. The van der Waals surface area contributed by atoms with Crippen molar-refractivity contribution in [3.8, 4) is 16.2 Å². The number of nitrogens with one attached hydrogen (secondary N) is 1. The number of nitrogens with zero attached hydrogens (tertiary/aromatic N) is 1. The van der Waals surface area contributed by atoms with E-state index in [2.05, 4.69) is 10.3 Å². The van der Waals surface area contributed by atoms with Crippen LogP contribution in [0.1, 0.15) is 10.7 Å². The number of carbonyl (C=O) groups excluding carboxylic acids is 1. The molecular weight excluding hydrogens is 264 g/mol. The van der Waals surface area contributed by atoms with Gasteiger partial charge in [-0.1, -0.05) is 0 Å². The maximum Gasteiger partial charge on any atom is 0.407 e. The van der Waals surface area contributed by atoms with Gasteiger partial charge in [0.25, 0.3) is 0 Å². The highest BCUT2D eigenvalue weighted by Gasteiger charge is 2.13. The maximum absolute atomic E-state index is 11.1. The molecule has 0 aliphatic rings. The number of hydrogen-bond donors (Lipinski definition) is 2. The Morgan fingerprint density at radius 3 is 2.74 bits per heavy atom. The topological polar surface area (TPSA) is 71.5 Å². The molecule has 1 aromatic carbocycles. The number of aromatic hydroxyl groups is 1. The van der Waals surface area contributed by atoms with E-state index >= 15 is 0 Å². The summed E-state index contributed by atoms with van der Waals surface area (Å²) in [5.74, 6) is 0.216. The number of amides is 1. The minimum Gasteiger partial charge on any atom is -0.508 e. The number of aryl methyl sites for hydroxylation is 1. The molecule has 19 heavy (non-hydrogen) atoms. The number of benzene rings is 1. The van der Waals surface area contributed by atoms with Crippen LogP contribution in [-0.4, -0.2) is 23.2 Å². The molecule has 100 valence electrons. The van der Waals surface area contributed by atoms with Crippen molar-refractivity contribution < 1.29 is 14.6 Å². The molecule has 0 unspecified atom stereocenters. The lowest BCUT2D eigenvalue weighted by atomic mass is 10.1. The quantitative estimate of drug-likeness (QED) is 0.905. The number of phenolic OH excluding ortho intramolecular Hbond substituents is 1. The molecule has 0 bridgehead atoms. The van der Waals surface area contributed by atoms with Gasteiger partial charge in [-0.3, -0.25) is 0 Å². The van der Waals surface area contributed by atoms with Gasteiger partial charge in [-0.25, -0.2) is 9.78 Å². The van der Waals surface area contributed by atoms with Gasteiger partial charge in [-0.15, -0.1) is 11.3 Å². The van der Waals surface area contributed by atoms with Crippen LogP contribution in [0.15, 0.2) is 24.3 Å². The SMILES string of the molecule is CNC(=O)OCc1nc(C)sc1-c1ccc(O)cc1. The second-order valence-electron chi connectivity index (χ2n) is 3.88. The lowest BCUT2D eigenvalue weighted by molar-refractivity contribution is 0.141. The number of rotatable bonds is 3. The summed E-state index contributed by atoms with van der Waals surface area (Å²) in [7, 11) is 1.51. The van der Waals surface area contributed by atoms with Crippen molar-refractivity contribution in [2.45, 2.75) is 13.5 Å². The summed E-state index contributed by atoms with van der Waals surface area (Å²) in [6.07, 6.45) is -0.484. The van der Waals surface area contributed by atoms with Crippen LogP contribution in [0, 0.1) is 6.92 Å². The van der Waals surface area contributed by atoms with Gasteiger partial charge in [-0.05, 0) is 36.8 Å². The van der Waals surface area contributed by atoms with Gasteiger partial charge in [0, 0.05) is 7.05 Å². The summed E-state index contributed by atoms with van der Waals surface area (Å²) in [6, 6.07) is 6.86. The van der Waals surface area contributed by atoms with Gasteiger partial charge in [0.15, 0.2) is 0 Å². The number of thiazole rings is 1. The lowest BCUT2D eigenvalue weighted by Crippen LogP contribution is -2.19. The number of hydrogen-bond acceptors (Lipinski definition) is 5. The molecule has 5 nitrogen and oxygen atoms in total. The third-order valence-corrected chi connectivity index (χ3v) is 3.54. The van der Waals surface area contributed by atoms with Crippen LogP contribution in [0.25, 0.3) is 10.4 Å². The van der Waals surface area contributed by atoms with Crippen molar-refractivity contribution in [1.82, 2.24) is 10.3 Å². The van der Waals surface area contributed by atoms with Crippen LogP contribution < -0.4 is 5.32 Å². The van der Waals surface area contributed by atoms with E-state index in [0.717, 1.165) is 21.1 Å². The first-order chi connectivity index (χ1) is 9.10. The Kier molecular flexibility index (Phi) is 4.01. The van der Waals surface area contributed by atoms with Crippen LogP contribution in [0.3, 0.4) is 0 Å². The van der Waals surface area contributed by atoms with E-state index in [1.165, 1.54) is 18.4 Å². The monoisotopic (exact) mass is 278 g/mol. The third kappa shape index (κ3) is 3.23. The molecule has 0 saturated heterocycles. The second kappa shape index (κ2) is 5.71. The summed E-state index contributed by atoms with van der Waals surface area (Å²) in [6.45, 7) is 2.03. The highest BCUT2D eigenvalue weighted by molar-refractivity contribution is 7.15. The summed E-state index contributed by atoms with van der Waals surface area (Å²) in [5.41, 5.74) is 1.66. The van der Waals surface area contributed by atoms with Crippen LogP contribution in [-0.2, 0) is 11.3 Å².